The lowest BCUT2D eigenvalue weighted by atomic mass is 9.80. The Balaban J connectivity index is 1.88. The van der Waals surface area contributed by atoms with Crippen LogP contribution in [0.5, 0.6) is 0 Å². The zero-order valence-electron chi connectivity index (χ0n) is 11.4. The monoisotopic (exact) mass is 353 g/mol. The van der Waals surface area contributed by atoms with Gasteiger partial charge < -0.3 is 15.1 Å². The lowest BCUT2D eigenvalue weighted by Crippen LogP contribution is -2.41. The van der Waals surface area contributed by atoms with Crippen LogP contribution in [0.1, 0.15) is 24.8 Å². The number of piperidine rings is 1. The first kappa shape index (κ1) is 14.4. The molecular weight excluding hydrogens is 338 g/mol. The zero-order chi connectivity index (χ0) is 15.3. The molecule has 1 heterocycles. The van der Waals surface area contributed by atoms with E-state index in [9.17, 15) is 14.7 Å². The molecule has 2 aliphatic rings. The quantitative estimate of drug-likeness (QED) is 0.856. The molecule has 112 valence electrons. The molecule has 1 aromatic rings. The van der Waals surface area contributed by atoms with Gasteiger partial charge in [0.2, 0.25) is 0 Å². The summed E-state index contributed by atoms with van der Waals surface area (Å²) in [6, 6.07) is 7.43. The van der Waals surface area contributed by atoms with Crippen LogP contribution >= 0.6 is 15.9 Å². The van der Waals surface area contributed by atoms with Gasteiger partial charge in [-0.1, -0.05) is 28.1 Å². The van der Waals surface area contributed by atoms with E-state index in [0.717, 1.165) is 10.0 Å². The minimum atomic E-state index is -0.921. The number of carboxylic acid groups (broad SMARTS) is 2. The summed E-state index contributed by atoms with van der Waals surface area (Å²) in [6.45, 7) is 0.835. The van der Waals surface area contributed by atoms with Crippen molar-refractivity contribution < 1.29 is 19.8 Å². The SMILES string of the molecule is O=C(O)N1CCC2(CC1)CC2(C(=O)O)c1ccc(Br)cc1. The van der Waals surface area contributed by atoms with Crippen LogP contribution in [0.25, 0.3) is 0 Å². The molecule has 21 heavy (non-hydrogen) atoms. The van der Waals surface area contributed by atoms with Crippen molar-refractivity contribution in [2.45, 2.75) is 24.7 Å². The number of rotatable bonds is 2. The predicted molar refractivity (Wildman–Crippen MR) is 79.3 cm³/mol. The first-order chi connectivity index (χ1) is 9.91. The van der Waals surface area contributed by atoms with Gasteiger partial charge in [-0.3, -0.25) is 4.79 Å². The minimum absolute atomic E-state index is 0.293. The van der Waals surface area contributed by atoms with E-state index in [1.54, 1.807) is 0 Å². The average molecular weight is 354 g/mol. The molecule has 1 aliphatic heterocycles. The third-order valence-electron chi connectivity index (χ3n) is 5.08. The van der Waals surface area contributed by atoms with Gasteiger partial charge in [0.1, 0.15) is 0 Å². The van der Waals surface area contributed by atoms with Crippen molar-refractivity contribution in [2.75, 3.05) is 13.1 Å². The molecule has 0 aromatic heterocycles. The highest BCUT2D eigenvalue weighted by Crippen LogP contribution is 2.69. The second-order valence-electron chi connectivity index (χ2n) is 5.94. The summed E-state index contributed by atoms with van der Waals surface area (Å²) in [5, 5.41) is 18.8. The van der Waals surface area contributed by atoms with Gasteiger partial charge in [0, 0.05) is 17.6 Å². The first-order valence-electron chi connectivity index (χ1n) is 6.89. The molecule has 0 radical (unpaired) electrons. The van der Waals surface area contributed by atoms with Crippen LogP contribution in [0, 0.1) is 5.41 Å². The zero-order valence-corrected chi connectivity index (χ0v) is 13.0. The van der Waals surface area contributed by atoms with Gasteiger partial charge in [0.25, 0.3) is 0 Å². The number of carbonyl (C=O) groups is 2. The largest absolute Gasteiger partial charge is 0.481 e. The Labute approximate surface area is 130 Å². The van der Waals surface area contributed by atoms with E-state index in [-0.39, 0.29) is 5.41 Å². The molecular formula is C15H16BrNO4. The standard InChI is InChI=1S/C15H16BrNO4/c16-11-3-1-10(2-4-11)15(12(18)19)9-14(15)5-7-17(8-6-14)13(20)21/h1-4H,5-9H2,(H,18,19)(H,20,21). The van der Waals surface area contributed by atoms with Crippen LogP contribution < -0.4 is 0 Å². The van der Waals surface area contributed by atoms with E-state index >= 15 is 0 Å². The fourth-order valence-electron chi connectivity index (χ4n) is 3.76. The molecule has 5 nitrogen and oxygen atoms in total. The summed E-state index contributed by atoms with van der Waals surface area (Å²) in [5.74, 6) is -0.798. The number of aliphatic carboxylic acids is 1. The van der Waals surface area contributed by atoms with Gasteiger partial charge >= 0.3 is 12.1 Å². The van der Waals surface area contributed by atoms with Crippen molar-refractivity contribution in [1.82, 2.24) is 4.90 Å². The summed E-state index contributed by atoms with van der Waals surface area (Å²) >= 11 is 3.36. The molecule has 1 amide bonds. The van der Waals surface area contributed by atoms with Crippen molar-refractivity contribution in [1.29, 1.82) is 0 Å². The molecule has 2 N–H and O–H groups in total. The maximum atomic E-state index is 11.9. The molecule has 2 fully saturated rings. The van der Waals surface area contributed by atoms with Gasteiger partial charge in [-0.05, 0) is 42.4 Å². The summed E-state index contributed by atoms with van der Waals surface area (Å²) in [7, 11) is 0. The number of hydrogen-bond acceptors (Lipinski definition) is 2. The Bertz CT molecular complexity index is 592. The number of halogens is 1. The number of benzene rings is 1. The predicted octanol–water partition coefficient (Wildman–Crippen LogP) is 2.94. The summed E-state index contributed by atoms with van der Waals surface area (Å²) in [4.78, 5) is 24.3. The van der Waals surface area contributed by atoms with Crippen molar-refractivity contribution in [3.05, 3.63) is 34.3 Å². The highest BCUT2D eigenvalue weighted by molar-refractivity contribution is 9.10. The van der Waals surface area contributed by atoms with Gasteiger partial charge in [0.05, 0.1) is 5.41 Å². The number of amides is 1. The first-order valence-corrected chi connectivity index (χ1v) is 7.68. The Morgan fingerprint density at radius 1 is 1.10 bits per heavy atom. The molecule has 1 spiro atoms. The summed E-state index contributed by atoms with van der Waals surface area (Å²) in [5.41, 5.74) is -0.321. The van der Waals surface area contributed by atoms with E-state index in [0.29, 0.717) is 32.4 Å². The lowest BCUT2D eigenvalue weighted by molar-refractivity contribution is -0.141. The highest BCUT2D eigenvalue weighted by atomic mass is 79.9. The Morgan fingerprint density at radius 2 is 1.67 bits per heavy atom. The molecule has 0 bridgehead atoms. The third-order valence-corrected chi connectivity index (χ3v) is 5.61. The number of hydrogen-bond donors (Lipinski definition) is 2. The van der Waals surface area contributed by atoms with Crippen LogP contribution in [0.2, 0.25) is 0 Å². The van der Waals surface area contributed by atoms with E-state index in [1.807, 2.05) is 24.3 Å². The second-order valence-corrected chi connectivity index (χ2v) is 6.86. The summed E-state index contributed by atoms with van der Waals surface area (Å²) < 4.78 is 0.919. The van der Waals surface area contributed by atoms with Crippen LogP contribution in [0.3, 0.4) is 0 Å². The Hall–Kier alpha value is -1.56. The van der Waals surface area contributed by atoms with Gasteiger partial charge in [0.15, 0.2) is 0 Å². The number of likely N-dealkylation sites (tertiary alicyclic amines) is 1. The van der Waals surface area contributed by atoms with Crippen molar-refractivity contribution in [3.8, 4) is 0 Å². The maximum Gasteiger partial charge on any atom is 0.407 e. The molecule has 1 atom stereocenters. The van der Waals surface area contributed by atoms with Crippen molar-refractivity contribution >= 4 is 28.0 Å². The van der Waals surface area contributed by atoms with Crippen LogP contribution in [-0.4, -0.2) is 40.3 Å². The Kier molecular flexibility index (Phi) is 3.24. The normalized spacial score (nSPS) is 26.6. The maximum absolute atomic E-state index is 11.9. The smallest absolute Gasteiger partial charge is 0.407 e. The topological polar surface area (TPSA) is 77.8 Å². The molecule has 6 heteroatoms. The molecule has 1 saturated heterocycles. The third kappa shape index (κ3) is 2.04. The number of carboxylic acids is 1. The molecule has 1 saturated carbocycles. The molecule has 1 aliphatic carbocycles. The van der Waals surface area contributed by atoms with Crippen LogP contribution in [0.15, 0.2) is 28.7 Å². The fourth-order valence-corrected chi connectivity index (χ4v) is 4.03. The molecule has 3 rings (SSSR count). The van der Waals surface area contributed by atoms with Crippen molar-refractivity contribution in [3.63, 3.8) is 0 Å². The van der Waals surface area contributed by atoms with Crippen molar-refractivity contribution in [2.24, 2.45) is 5.41 Å². The minimum Gasteiger partial charge on any atom is -0.481 e. The van der Waals surface area contributed by atoms with E-state index in [4.69, 9.17) is 5.11 Å². The highest BCUT2D eigenvalue weighted by Gasteiger charge is 2.72. The molecule has 1 unspecified atom stereocenters. The van der Waals surface area contributed by atoms with Gasteiger partial charge in [-0.15, -0.1) is 0 Å². The average Bonchev–Trinajstić information content (AvgIpc) is 3.09. The van der Waals surface area contributed by atoms with Gasteiger partial charge in [-0.25, -0.2) is 4.79 Å². The Morgan fingerprint density at radius 3 is 2.14 bits per heavy atom. The lowest BCUT2D eigenvalue weighted by Gasteiger charge is -2.33. The second kappa shape index (κ2) is 4.73. The van der Waals surface area contributed by atoms with Crippen LogP contribution in [-0.2, 0) is 10.2 Å². The van der Waals surface area contributed by atoms with E-state index < -0.39 is 17.5 Å². The van der Waals surface area contributed by atoms with Crippen LogP contribution in [0.4, 0.5) is 4.79 Å². The summed E-state index contributed by atoms with van der Waals surface area (Å²) in [6.07, 6.45) is 0.906. The fraction of sp³-hybridized carbons (Fsp3) is 0.467. The van der Waals surface area contributed by atoms with Gasteiger partial charge in [-0.2, -0.15) is 0 Å². The molecule has 1 aromatic carbocycles. The van der Waals surface area contributed by atoms with E-state index in [1.165, 1.54) is 4.90 Å². The number of nitrogens with zero attached hydrogens (tertiary/aromatic N) is 1. The van der Waals surface area contributed by atoms with E-state index in [2.05, 4.69) is 15.9 Å².